The molecule has 0 spiro atoms. The molecule has 0 N–H and O–H groups in total. The molecule has 4 heteroatoms. The van der Waals surface area contributed by atoms with Crippen LogP contribution >= 0.6 is 11.6 Å². The Kier molecular flexibility index (Phi) is 3.79. The molecule has 0 aliphatic carbocycles. The Labute approximate surface area is 105 Å². The van der Waals surface area contributed by atoms with E-state index in [1.807, 2.05) is 6.92 Å². The highest BCUT2D eigenvalue weighted by atomic mass is 35.5. The van der Waals surface area contributed by atoms with Crippen LogP contribution in [0.15, 0.2) is 18.2 Å². The first kappa shape index (κ1) is 12.5. The molecule has 0 bridgehead atoms. The zero-order valence-corrected chi connectivity index (χ0v) is 10.3. The smallest absolute Gasteiger partial charge is 0.166 e. The summed E-state index contributed by atoms with van der Waals surface area (Å²) in [6.07, 6.45) is 1.39. The molecule has 1 aromatic carbocycles. The molecule has 0 amide bonds. The Morgan fingerprint density at radius 3 is 2.94 bits per heavy atom. The average Bonchev–Trinajstić information content (AvgIpc) is 2.70. The van der Waals surface area contributed by atoms with Crippen molar-refractivity contribution in [2.24, 2.45) is 0 Å². The molecular formula is C13H14ClFO2. The van der Waals surface area contributed by atoms with Crippen molar-refractivity contribution in [3.05, 3.63) is 34.6 Å². The summed E-state index contributed by atoms with van der Waals surface area (Å²) in [6.45, 7) is 1.94. The molecule has 2 rings (SSSR count). The van der Waals surface area contributed by atoms with Gasteiger partial charge in [-0.25, -0.2) is 4.39 Å². The van der Waals surface area contributed by atoms with E-state index >= 15 is 0 Å². The first-order chi connectivity index (χ1) is 8.06. The van der Waals surface area contributed by atoms with Gasteiger partial charge in [0.2, 0.25) is 0 Å². The van der Waals surface area contributed by atoms with E-state index in [9.17, 15) is 9.18 Å². The van der Waals surface area contributed by atoms with E-state index < -0.39 is 5.82 Å². The summed E-state index contributed by atoms with van der Waals surface area (Å²) in [5.74, 6) is -0.468. The first-order valence-corrected chi connectivity index (χ1v) is 6.06. The van der Waals surface area contributed by atoms with Gasteiger partial charge in [-0.05, 0) is 43.5 Å². The highest BCUT2D eigenvalue weighted by molar-refractivity contribution is 6.30. The number of hydrogen-bond acceptors (Lipinski definition) is 2. The van der Waals surface area contributed by atoms with Gasteiger partial charge in [0.05, 0.1) is 6.10 Å². The third kappa shape index (κ3) is 3.05. The van der Waals surface area contributed by atoms with Gasteiger partial charge < -0.3 is 4.74 Å². The van der Waals surface area contributed by atoms with Gasteiger partial charge in [-0.15, -0.1) is 0 Å². The van der Waals surface area contributed by atoms with Crippen LogP contribution in [0.25, 0.3) is 0 Å². The molecule has 1 aliphatic heterocycles. The summed E-state index contributed by atoms with van der Waals surface area (Å²) in [6, 6.07) is 4.25. The molecule has 2 atom stereocenters. The third-order valence-corrected chi connectivity index (χ3v) is 3.20. The van der Waals surface area contributed by atoms with Crippen molar-refractivity contribution in [1.82, 2.24) is 0 Å². The van der Waals surface area contributed by atoms with Crippen molar-refractivity contribution in [3.8, 4) is 0 Å². The number of benzene rings is 1. The first-order valence-electron chi connectivity index (χ1n) is 5.68. The summed E-state index contributed by atoms with van der Waals surface area (Å²) < 4.78 is 18.9. The molecule has 1 saturated heterocycles. The molecule has 1 fully saturated rings. The molecule has 2 nitrogen and oxygen atoms in total. The minimum absolute atomic E-state index is 0.0454. The van der Waals surface area contributed by atoms with Crippen molar-refractivity contribution in [2.75, 3.05) is 0 Å². The second-order valence-electron chi connectivity index (χ2n) is 4.39. The minimum atomic E-state index is -0.395. The molecule has 1 aliphatic rings. The van der Waals surface area contributed by atoms with Gasteiger partial charge in [-0.1, -0.05) is 11.6 Å². The van der Waals surface area contributed by atoms with Crippen LogP contribution in [0.4, 0.5) is 4.39 Å². The van der Waals surface area contributed by atoms with E-state index in [-0.39, 0.29) is 24.4 Å². The molecule has 2 unspecified atom stereocenters. The van der Waals surface area contributed by atoms with Gasteiger partial charge in [-0.3, -0.25) is 4.79 Å². The fourth-order valence-corrected chi connectivity index (χ4v) is 2.21. The summed E-state index contributed by atoms with van der Waals surface area (Å²) in [7, 11) is 0. The van der Waals surface area contributed by atoms with Crippen LogP contribution < -0.4 is 0 Å². The molecule has 0 radical (unpaired) electrons. The number of halogens is 2. The third-order valence-electron chi connectivity index (χ3n) is 2.96. The number of ether oxygens (including phenoxy) is 1. The zero-order chi connectivity index (χ0) is 12.4. The lowest BCUT2D eigenvalue weighted by Crippen LogP contribution is -2.22. The Bertz CT molecular complexity index is 433. The van der Waals surface area contributed by atoms with Gasteiger partial charge in [0.15, 0.2) is 5.78 Å². The Balaban J connectivity index is 2.05. The Hall–Kier alpha value is -0.930. The van der Waals surface area contributed by atoms with E-state index in [4.69, 9.17) is 16.3 Å². The highest BCUT2D eigenvalue weighted by Gasteiger charge is 2.28. The van der Waals surface area contributed by atoms with E-state index in [0.717, 1.165) is 12.8 Å². The molecule has 1 aromatic rings. The molecule has 92 valence electrons. The number of carbonyl (C=O) groups is 1. The summed E-state index contributed by atoms with van der Waals surface area (Å²) in [4.78, 5) is 11.9. The summed E-state index contributed by atoms with van der Waals surface area (Å²) >= 11 is 5.77. The molecule has 0 saturated carbocycles. The number of rotatable bonds is 3. The lowest BCUT2D eigenvalue weighted by Gasteiger charge is -2.10. The van der Waals surface area contributed by atoms with Crippen molar-refractivity contribution in [3.63, 3.8) is 0 Å². The van der Waals surface area contributed by atoms with Crippen LogP contribution in [0.5, 0.6) is 0 Å². The zero-order valence-electron chi connectivity index (χ0n) is 9.58. The average molecular weight is 257 g/mol. The maximum Gasteiger partial charge on any atom is 0.166 e. The van der Waals surface area contributed by atoms with Gasteiger partial charge >= 0.3 is 0 Å². The second-order valence-corrected chi connectivity index (χ2v) is 4.83. The van der Waals surface area contributed by atoms with E-state index in [1.165, 1.54) is 18.2 Å². The molecule has 0 aromatic heterocycles. The van der Waals surface area contributed by atoms with Crippen molar-refractivity contribution in [2.45, 2.75) is 38.4 Å². The lowest BCUT2D eigenvalue weighted by molar-refractivity contribution is -0.128. The quantitative estimate of drug-likeness (QED) is 0.830. The number of carbonyl (C=O) groups excluding carboxylic acids is 1. The Morgan fingerprint density at radius 1 is 1.53 bits per heavy atom. The van der Waals surface area contributed by atoms with Crippen LogP contribution in [0.1, 0.15) is 25.3 Å². The van der Waals surface area contributed by atoms with Crippen LogP contribution in [-0.4, -0.2) is 18.0 Å². The van der Waals surface area contributed by atoms with Crippen molar-refractivity contribution < 1.29 is 13.9 Å². The highest BCUT2D eigenvalue weighted by Crippen LogP contribution is 2.22. The molecular weight excluding hydrogens is 243 g/mol. The summed E-state index contributed by atoms with van der Waals surface area (Å²) in [5, 5.41) is 0.440. The van der Waals surface area contributed by atoms with Crippen LogP contribution in [0.2, 0.25) is 5.02 Å². The molecule has 1 heterocycles. The van der Waals surface area contributed by atoms with Gasteiger partial charge in [0.25, 0.3) is 0 Å². The number of ketones is 1. The predicted molar refractivity (Wildman–Crippen MR) is 63.7 cm³/mol. The number of hydrogen-bond donors (Lipinski definition) is 0. The van der Waals surface area contributed by atoms with Gasteiger partial charge in [-0.2, -0.15) is 0 Å². The second kappa shape index (κ2) is 5.15. The van der Waals surface area contributed by atoms with Crippen LogP contribution in [0.3, 0.4) is 0 Å². The van der Waals surface area contributed by atoms with Crippen molar-refractivity contribution in [1.29, 1.82) is 0 Å². The maximum absolute atomic E-state index is 13.4. The topological polar surface area (TPSA) is 26.3 Å². The maximum atomic E-state index is 13.4. The normalized spacial score (nSPS) is 23.9. The predicted octanol–water partition coefficient (Wildman–Crippen LogP) is 3.16. The monoisotopic (exact) mass is 256 g/mol. The van der Waals surface area contributed by atoms with Crippen LogP contribution in [-0.2, 0) is 16.0 Å². The minimum Gasteiger partial charge on any atom is -0.367 e. The van der Waals surface area contributed by atoms with Gasteiger partial charge in [0, 0.05) is 11.4 Å². The van der Waals surface area contributed by atoms with E-state index in [0.29, 0.717) is 10.6 Å². The van der Waals surface area contributed by atoms with E-state index in [2.05, 4.69) is 0 Å². The molecule has 17 heavy (non-hydrogen) atoms. The van der Waals surface area contributed by atoms with Crippen LogP contribution in [0, 0.1) is 5.82 Å². The summed E-state index contributed by atoms with van der Waals surface area (Å²) in [5.41, 5.74) is 0.339. The lowest BCUT2D eigenvalue weighted by atomic mass is 10.0. The number of Topliss-reactive ketones (excluding diaryl/α,β-unsaturated/α-hetero) is 1. The SMILES string of the molecule is CC1CCC(C(=O)Cc2cc(Cl)ccc2F)O1. The largest absolute Gasteiger partial charge is 0.367 e. The standard InChI is InChI=1S/C13H14ClFO2/c1-8-2-5-13(17-8)12(16)7-9-6-10(14)3-4-11(9)15/h3-4,6,8,13H,2,5,7H2,1H3. The van der Waals surface area contributed by atoms with E-state index in [1.54, 1.807) is 0 Å². The van der Waals surface area contributed by atoms with Gasteiger partial charge in [0.1, 0.15) is 11.9 Å². The fourth-order valence-electron chi connectivity index (χ4n) is 2.02. The van der Waals surface area contributed by atoms with Crippen molar-refractivity contribution >= 4 is 17.4 Å². The Morgan fingerprint density at radius 2 is 2.29 bits per heavy atom. The fraction of sp³-hybridized carbons (Fsp3) is 0.462.